The summed E-state index contributed by atoms with van der Waals surface area (Å²) in [6.07, 6.45) is 1.56. The van der Waals surface area contributed by atoms with Gasteiger partial charge in [-0.2, -0.15) is 10.2 Å². The number of nitriles is 1. The highest BCUT2D eigenvalue weighted by atomic mass is 16.6. The lowest BCUT2D eigenvalue weighted by molar-refractivity contribution is -0.140. The number of aryl methyl sites for hydroxylation is 1. The van der Waals surface area contributed by atoms with E-state index in [1.54, 1.807) is 6.08 Å². The fourth-order valence-electron chi connectivity index (χ4n) is 3.14. The molecule has 0 bridgehead atoms. The first-order valence-electron chi connectivity index (χ1n) is 9.72. The summed E-state index contributed by atoms with van der Waals surface area (Å²) in [5, 5.41) is 13.3. The van der Waals surface area contributed by atoms with E-state index >= 15 is 0 Å². The predicted octanol–water partition coefficient (Wildman–Crippen LogP) is 4.46. The third-order valence-corrected chi connectivity index (χ3v) is 4.63. The molecule has 3 aromatic rings. The zero-order valence-electron chi connectivity index (χ0n) is 17.5. The Bertz CT molecular complexity index is 1100. The van der Waals surface area contributed by atoms with E-state index in [9.17, 15) is 10.1 Å². The number of carbonyl (C=O) groups is 1. The van der Waals surface area contributed by atoms with Gasteiger partial charge in [0.25, 0.3) is 5.89 Å². The quantitative estimate of drug-likeness (QED) is 0.328. The summed E-state index contributed by atoms with van der Waals surface area (Å²) in [7, 11) is 0. The maximum atomic E-state index is 12.4. The third kappa shape index (κ3) is 4.84. The summed E-state index contributed by atoms with van der Waals surface area (Å²) >= 11 is 0. The average Bonchev–Trinajstić information content (AvgIpc) is 3.31. The summed E-state index contributed by atoms with van der Waals surface area (Å²) in [6.45, 7) is 8.95. The fraction of sp³-hybridized carbons (Fsp3) is 0.304. The smallest absolute Gasteiger partial charge is 0.349 e. The van der Waals surface area contributed by atoms with Gasteiger partial charge < -0.3 is 13.8 Å². The summed E-state index contributed by atoms with van der Waals surface area (Å²) < 4.78 is 12.5. The molecule has 7 nitrogen and oxygen atoms in total. The van der Waals surface area contributed by atoms with Gasteiger partial charge in [-0.05, 0) is 37.5 Å². The summed E-state index contributed by atoms with van der Waals surface area (Å²) in [4.78, 5) is 16.6. The molecule has 0 N–H and O–H groups in total. The van der Waals surface area contributed by atoms with Crippen molar-refractivity contribution in [2.75, 3.05) is 0 Å². The SMILES string of the molecule is Cc1cc(C=C(C#N)C(=O)OCc2nc(-c3ccccc3)no2)c(C)n1CC(C)C. The van der Waals surface area contributed by atoms with Gasteiger partial charge >= 0.3 is 5.97 Å². The second-order valence-electron chi connectivity index (χ2n) is 7.45. The van der Waals surface area contributed by atoms with Gasteiger partial charge in [0.2, 0.25) is 5.82 Å². The highest BCUT2D eigenvalue weighted by Crippen LogP contribution is 2.20. The first-order valence-corrected chi connectivity index (χ1v) is 9.72. The number of hydrogen-bond donors (Lipinski definition) is 0. The van der Waals surface area contributed by atoms with Gasteiger partial charge in [-0.25, -0.2) is 4.79 Å². The van der Waals surface area contributed by atoms with Crippen molar-refractivity contribution in [2.24, 2.45) is 5.92 Å². The molecule has 3 rings (SSSR count). The van der Waals surface area contributed by atoms with E-state index in [-0.39, 0.29) is 18.1 Å². The molecule has 0 aliphatic rings. The molecular formula is C23H24N4O3. The van der Waals surface area contributed by atoms with Gasteiger partial charge in [-0.3, -0.25) is 0 Å². The standard InChI is InChI=1S/C23H24N4O3/c1-15(2)13-27-16(3)10-19(17(27)4)11-20(12-24)23(28)29-14-21-25-22(26-30-21)18-8-6-5-7-9-18/h5-11,15H,13-14H2,1-4H3. The maximum absolute atomic E-state index is 12.4. The molecule has 30 heavy (non-hydrogen) atoms. The molecular weight excluding hydrogens is 380 g/mol. The Morgan fingerprint density at radius 1 is 1.30 bits per heavy atom. The van der Waals surface area contributed by atoms with Crippen LogP contribution in [0.5, 0.6) is 0 Å². The topological polar surface area (TPSA) is 93.9 Å². The highest BCUT2D eigenvalue weighted by Gasteiger charge is 2.16. The van der Waals surface area contributed by atoms with Crippen molar-refractivity contribution >= 4 is 12.0 Å². The summed E-state index contributed by atoms with van der Waals surface area (Å²) in [6, 6.07) is 13.2. The van der Waals surface area contributed by atoms with Gasteiger partial charge in [0.05, 0.1) is 0 Å². The zero-order valence-corrected chi connectivity index (χ0v) is 17.5. The summed E-state index contributed by atoms with van der Waals surface area (Å²) in [5.74, 6) is 0.331. The Morgan fingerprint density at radius 3 is 2.70 bits per heavy atom. The van der Waals surface area contributed by atoms with Crippen molar-refractivity contribution in [3.63, 3.8) is 0 Å². The lowest BCUT2D eigenvalue weighted by Gasteiger charge is -2.12. The van der Waals surface area contributed by atoms with Crippen LogP contribution < -0.4 is 0 Å². The lowest BCUT2D eigenvalue weighted by Crippen LogP contribution is -2.08. The first kappa shape index (κ1) is 21.1. The molecule has 1 aromatic carbocycles. The van der Waals surface area contributed by atoms with Crippen LogP contribution in [-0.4, -0.2) is 20.7 Å². The second-order valence-corrected chi connectivity index (χ2v) is 7.45. The minimum absolute atomic E-state index is 0.0809. The lowest BCUT2D eigenvalue weighted by atomic mass is 10.1. The minimum atomic E-state index is -0.731. The van der Waals surface area contributed by atoms with Crippen LogP contribution in [0.4, 0.5) is 0 Å². The normalized spacial score (nSPS) is 11.5. The predicted molar refractivity (Wildman–Crippen MR) is 112 cm³/mol. The number of esters is 1. The molecule has 0 aliphatic heterocycles. The molecule has 0 saturated heterocycles. The van der Waals surface area contributed by atoms with Crippen LogP contribution in [-0.2, 0) is 22.7 Å². The number of nitrogens with zero attached hydrogens (tertiary/aromatic N) is 4. The Kier molecular flexibility index (Phi) is 6.48. The van der Waals surface area contributed by atoms with E-state index in [0.717, 1.165) is 29.1 Å². The number of hydrogen-bond acceptors (Lipinski definition) is 6. The van der Waals surface area contributed by atoms with Gasteiger partial charge in [-0.15, -0.1) is 0 Å². The molecule has 0 atom stereocenters. The van der Waals surface area contributed by atoms with E-state index in [0.29, 0.717) is 11.7 Å². The molecule has 7 heteroatoms. The van der Waals surface area contributed by atoms with E-state index in [2.05, 4.69) is 28.6 Å². The number of ether oxygens (including phenoxy) is 1. The van der Waals surface area contributed by atoms with Crippen LogP contribution in [0.1, 0.15) is 36.7 Å². The Hall–Kier alpha value is -3.66. The Labute approximate surface area is 175 Å². The fourth-order valence-corrected chi connectivity index (χ4v) is 3.14. The molecule has 0 aliphatic carbocycles. The Balaban J connectivity index is 1.70. The van der Waals surface area contributed by atoms with Crippen molar-refractivity contribution in [3.8, 4) is 17.5 Å². The van der Waals surface area contributed by atoms with Crippen LogP contribution in [0.25, 0.3) is 17.5 Å². The zero-order chi connectivity index (χ0) is 21.7. The molecule has 0 amide bonds. The maximum Gasteiger partial charge on any atom is 0.349 e. The van der Waals surface area contributed by atoms with Crippen LogP contribution in [0.2, 0.25) is 0 Å². The molecule has 0 saturated carbocycles. The van der Waals surface area contributed by atoms with Gasteiger partial charge in [0.1, 0.15) is 11.6 Å². The van der Waals surface area contributed by atoms with Crippen LogP contribution in [0.15, 0.2) is 46.5 Å². The third-order valence-electron chi connectivity index (χ3n) is 4.63. The number of rotatable bonds is 7. The minimum Gasteiger partial charge on any atom is -0.451 e. The van der Waals surface area contributed by atoms with Crippen LogP contribution in [0, 0.1) is 31.1 Å². The van der Waals surface area contributed by atoms with E-state index in [4.69, 9.17) is 9.26 Å². The van der Waals surface area contributed by atoms with Crippen molar-refractivity contribution in [1.82, 2.24) is 14.7 Å². The van der Waals surface area contributed by atoms with E-state index < -0.39 is 5.97 Å². The van der Waals surface area contributed by atoms with Crippen molar-refractivity contribution < 1.29 is 14.1 Å². The van der Waals surface area contributed by atoms with Crippen LogP contribution in [0.3, 0.4) is 0 Å². The molecule has 0 radical (unpaired) electrons. The van der Waals surface area contributed by atoms with Crippen molar-refractivity contribution in [2.45, 2.75) is 40.8 Å². The second kappa shape index (κ2) is 9.23. The van der Waals surface area contributed by atoms with E-state index in [1.807, 2.05) is 56.3 Å². The molecule has 0 spiro atoms. The molecule has 0 fully saturated rings. The van der Waals surface area contributed by atoms with E-state index in [1.165, 1.54) is 0 Å². The molecule has 0 unspecified atom stereocenters. The monoisotopic (exact) mass is 404 g/mol. The molecule has 2 aromatic heterocycles. The number of carbonyl (C=O) groups excluding carboxylic acids is 1. The van der Waals surface area contributed by atoms with Gasteiger partial charge in [-0.1, -0.05) is 49.3 Å². The first-order chi connectivity index (χ1) is 14.4. The van der Waals surface area contributed by atoms with Crippen molar-refractivity contribution in [1.29, 1.82) is 5.26 Å². The number of aromatic nitrogens is 3. The van der Waals surface area contributed by atoms with Crippen molar-refractivity contribution in [3.05, 3.63) is 64.8 Å². The van der Waals surface area contributed by atoms with Gasteiger partial charge in [0.15, 0.2) is 6.61 Å². The van der Waals surface area contributed by atoms with Gasteiger partial charge in [0, 0.05) is 23.5 Å². The molecule has 2 heterocycles. The molecule has 154 valence electrons. The average molecular weight is 404 g/mol. The number of benzene rings is 1. The Morgan fingerprint density at radius 2 is 2.03 bits per heavy atom. The summed E-state index contributed by atoms with van der Waals surface area (Å²) in [5.41, 5.74) is 3.63. The largest absolute Gasteiger partial charge is 0.451 e. The van der Waals surface area contributed by atoms with Crippen LogP contribution >= 0.6 is 0 Å². The highest BCUT2D eigenvalue weighted by molar-refractivity contribution is 5.98.